The number of likely N-dealkylation sites (tertiary alicyclic amines) is 1. The fraction of sp³-hybridized carbons (Fsp3) is 0.520. The summed E-state index contributed by atoms with van der Waals surface area (Å²) in [6.45, 7) is 4.15. The number of aromatic nitrogens is 3. The number of rotatable bonds is 9. The molecule has 1 aromatic carbocycles. The number of amides is 1. The number of piperidine rings is 1. The molecule has 0 bridgehead atoms. The van der Waals surface area contributed by atoms with Crippen LogP contribution in [0.3, 0.4) is 0 Å². The second kappa shape index (κ2) is 10.1. The van der Waals surface area contributed by atoms with Gasteiger partial charge in [0.15, 0.2) is 0 Å². The molecule has 0 aliphatic carbocycles. The first kappa shape index (κ1) is 24.0. The van der Waals surface area contributed by atoms with Gasteiger partial charge >= 0.3 is 0 Å². The number of fused-ring (bicyclic) bond motifs is 1. The number of hydrogen-bond acceptors (Lipinski definition) is 5. The number of nitrogens with one attached hydrogen (secondary N) is 2. The summed E-state index contributed by atoms with van der Waals surface area (Å²) in [5.74, 6) is 0.0991. The van der Waals surface area contributed by atoms with Crippen molar-refractivity contribution in [1.82, 2.24) is 24.4 Å². The maximum atomic E-state index is 12.9. The molecule has 2 aliphatic rings. The minimum Gasteiger partial charge on any atom is -0.369 e. The van der Waals surface area contributed by atoms with Gasteiger partial charge in [-0.05, 0) is 86.5 Å². The highest BCUT2D eigenvalue weighted by molar-refractivity contribution is 7.89. The van der Waals surface area contributed by atoms with Gasteiger partial charge in [0.2, 0.25) is 15.9 Å². The van der Waals surface area contributed by atoms with Gasteiger partial charge in [0.25, 0.3) is 0 Å². The van der Waals surface area contributed by atoms with Crippen molar-refractivity contribution < 1.29 is 13.2 Å². The summed E-state index contributed by atoms with van der Waals surface area (Å²) in [6.07, 6.45) is 10.4. The molecule has 9 nitrogen and oxygen atoms in total. The Labute approximate surface area is 206 Å². The molecule has 2 aromatic heterocycles. The lowest BCUT2D eigenvalue weighted by atomic mass is 9.88. The zero-order valence-corrected chi connectivity index (χ0v) is 20.8. The molecule has 0 spiro atoms. The van der Waals surface area contributed by atoms with E-state index in [1.807, 2.05) is 18.5 Å². The van der Waals surface area contributed by atoms with Crippen molar-refractivity contribution in [2.24, 2.45) is 5.73 Å². The van der Waals surface area contributed by atoms with Gasteiger partial charge < -0.3 is 15.6 Å². The lowest BCUT2D eigenvalue weighted by Gasteiger charge is -2.31. The second-order valence-corrected chi connectivity index (χ2v) is 11.9. The van der Waals surface area contributed by atoms with Gasteiger partial charge in [-0.25, -0.2) is 12.7 Å². The summed E-state index contributed by atoms with van der Waals surface area (Å²) in [5, 5.41) is 7.96. The van der Waals surface area contributed by atoms with Gasteiger partial charge in [0, 0.05) is 41.9 Å². The van der Waals surface area contributed by atoms with E-state index in [-0.39, 0.29) is 24.0 Å². The largest absolute Gasteiger partial charge is 0.369 e. The molecule has 2 fully saturated rings. The highest BCUT2D eigenvalue weighted by Gasteiger charge is 2.30. The van der Waals surface area contributed by atoms with E-state index in [1.165, 1.54) is 18.4 Å². The molecule has 35 heavy (non-hydrogen) atoms. The molecule has 0 radical (unpaired) electrons. The molecule has 0 atom stereocenters. The number of H-pyrrole nitrogens is 2. The Morgan fingerprint density at radius 1 is 1.09 bits per heavy atom. The first-order chi connectivity index (χ1) is 16.9. The van der Waals surface area contributed by atoms with E-state index in [2.05, 4.69) is 26.1 Å². The van der Waals surface area contributed by atoms with Gasteiger partial charge in [0.05, 0.1) is 18.4 Å². The number of nitrogens with two attached hydrogens (primary N) is 1. The average Bonchev–Trinajstić information content (AvgIpc) is 3.60. The van der Waals surface area contributed by atoms with Crippen LogP contribution in [0.2, 0.25) is 0 Å². The number of nitrogens with zero attached hydrogens (tertiary/aromatic N) is 3. The third-order valence-electron chi connectivity index (χ3n) is 7.46. The van der Waals surface area contributed by atoms with Crippen molar-refractivity contribution in [2.45, 2.75) is 44.4 Å². The van der Waals surface area contributed by atoms with Crippen LogP contribution in [0.5, 0.6) is 0 Å². The molecule has 5 rings (SSSR count). The maximum absolute atomic E-state index is 12.9. The summed E-state index contributed by atoms with van der Waals surface area (Å²) in [7, 11) is -3.23. The number of benzene rings is 1. The predicted octanol–water partition coefficient (Wildman–Crippen LogP) is 2.58. The van der Waals surface area contributed by atoms with E-state index in [0.29, 0.717) is 19.5 Å². The average molecular weight is 499 g/mol. The molecule has 0 unspecified atom stereocenters. The third kappa shape index (κ3) is 5.29. The monoisotopic (exact) mass is 498 g/mol. The van der Waals surface area contributed by atoms with E-state index >= 15 is 0 Å². The number of sulfonamides is 1. The topological polar surface area (TPSA) is 128 Å². The molecule has 4 heterocycles. The molecule has 0 saturated carbocycles. The fourth-order valence-electron chi connectivity index (χ4n) is 5.62. The van der Waals surface area contributed by atoms with E-state index < -0.39 is 10.0 Å². The molecule has 10 heteroatoms. The lowest BCUT2D eigenvalue weighted by Crippen LogP contribution is -2.39. The maximum Gasteiger partial charge on any atom is 0.221 e. The van der Waals surface area contributed by atoms with Crippen molar-refractivity contribution in [2.75, 3.05) is 38.5 Å². The lowest BCUT2D eigenvalue weighted by molar-refractivity contribution is -0.117. The first-order valence-corrected chi connectivity index (χ1v) is 14.1. The normalized spacial score (nSPS) is 18.5. The number of carbonyl (C=O) groups is 1. The molecule has 3 aromatic rings. The van der Waals surface area contributed by atoms with Crippen LogP contribution in [0.4, 0.5) is 0 Å². The first-order valence-electron chi connectivity index (χ1n) is 12.5. The zero-order valence-electron chi connectivity index (χ0n) is 20.0. The van der Waals surface area contributed by atoms with Gasteiger partial charge in [-0.15, -0.1) is 0 Å². The summed E-state index contributed by atoms with van der Waals surface area (Å²) in [4.78, 5) is 17.4. The summed E-state index contributed by atoms with van der Waals surface area (Å²) < 4.78 is 27.6. The Bertz CT molecular complexity index is 1270. The van der Waals surface area contributed by atoms with Crippen molar-refractivity contribution in [3.8, 4) is 11.1 Å². The highest BCUT2D eigenvalue weighted by Crippen LogP contribution is 2.37. The third-order valence-corrected chi connectivity index (χ3v) is 9.42. The van der Waals surface area contributed by atoms with Gasteiger partial charge in [-0.3, -0.25) is 9.89 Å². The van der Waals surface area contributed by atoms with Gasteiger partial charge in [0.1, 0.15) is 0 Å². The SMILES string of the molecule is NC(=O)Cc1cc(-c2cn[nH]c2)cc2c(C3CCN(S(=O)(=O)CCCN4CCCC4)CC3)c[nH]c12. The molecule has 2 saturated heterocycles. The van der Waals surface area contributed by atoms with Crippen LogP contribution in [-0.4, -0.2) is 77.2 Å². The van der Waals surface area contributed by atoms with E-state index in [4.69, 9.17) is 5.73 Å². The van der Waals surface area contributed by atoms with Crippen LogP contribution in [0.15, 0.2) is 30.7 Å². The molecule has 188 valence electrons. The van der Waals surface area contributed by atoms with Crippen LogP contribution in [0.1, 0.15) is 49.1 Å². The van der Waals surface area contributed by atoms with Crippen LogP contribution in [0, 0.1) is 0 Å². The summed E-state index contributed by atoms with van der Waals surface area (Å²) in [6, 6.07) is 4.10. The predicted molar refractivity (Wildman–Crippen MR) is 136 cm³/mol. The highest BCUT2D eigenvalue weighted by atomic mass is 32.2. The Morgan fingerprint density at radius 3 is 2.54 bits per heavy atom. The van der Waals surface area contributed by atoms with Crippen LogP contribution >= 0.6 is 0 Å². The zero-order chi connectivity index (χ0) is 24.4. The standard InChI is InChI=1S/C25H34N6O3S/c26-24(32)14-20-12-19(21-15-28-29-16-21)13-22-23(17-27-25(20)22)18-4-9-31(10-5-18)35(33,34)11-3-8-30-6-1-2-7-30/h12-13,15-18,27H,1-11,14H2,(H2,26,32)(H,28,29). The fourth-order valence-corrected chi connectivity index (χ4v) is 7.14. The Hall–Kier alpha value is -2.69. The van der Waals surface area contributed by atoms with E-state index in [0.717, 1.165) is 60.1 Å². The summed E-state index contributed by atoms with van der Waals surface area (Å²) in [5.41, 5.74) is 10.4. The van der Waals surface area contributed by atoms with Crippen molar-refractivity contribution in [3.05, 3.63) is 41.9 Å². The Balaban J connectivity index is 1.30. The second-order valence-electron chi connectivity index (χ2n) is 9.82. The van der Waals surface area contributed by atoms with Crippen LogP contribution < -0.4 is 5.73 Å². The molecular weight excluding hydrogens is 464 g/mol. The van der Waals surface area contributed by atoms with Gasteiger partial charge in [-0.2, -0.15) is 5.10 Å². The number of primary amides is 1. The van der Waals surface area contributed by atoms with E-state index in [9.17, 15) is 13.2 Å². The van der Waals surface area contributed by atoms with E-state index in [1.54, 1.807) is 10.5 Å². The molecular formula is C25H34N6O3S. The van der Waals surface area contributed by atoms with Crippen molar-refractivity contribution in [3.63, 3.8) is 0 Å². The Morgan fingerprint density at radius 2 is 1.86 bits per heavy atom. The smallest absolute Gasteiger partial charge is 0.221 e. The van der Waals surface area contributed by atoms with Crippen molar-refractivity contribution >= 4 is 26.8 Å². The number of aromatic amines is 2. The Kier molecular flexibility index (Phi) is 6.95. The molecule has 4 N–H and O–H groups in total. The van der Waals surface area contributed by atoms with Crippen molar-refractivity contribution in [1.29, 1.82) is 0 Å². The molecule has 1 amide bonds. The van der Waals surface area contributed by atoms with Crippen LogP contribution in [-0.2, 0) is 21.2 Å². The van der Waals surface area contributed by atoms with Gasteiger partial charge in [-0.1, -0.05) is 0 Å². The number of hydrogen-bond donors (Lipinski definition) is 3. The quantitative estimate of drug-likeness (QED) is 0.418. The molecule has 2 aliphatic heterocycles. The minimum atomic E-state index is -3.23. The van der Waals surface area contributed by atoms with Crippen LogP contribution in [0.25, 0.3) is 22.0 Å². The summed E-state index contributed by atoms with van der Waals surface area (Å²) >= 11 is 0. The minimum absolute atomic E-state index is 0.149. The number of carbonyl (C=O) groups excluding carboxylic acids is 1.